The van der Waals surface area contributed by atoms with E-state index in [4.69, 9.17) is 16.3 Å². The molecule has 7 heteroatoms. The lowest BCUT2D eigenvalue weighted by Crippen LogP contribution is -2.38. The number of ether oxygens (including phenoxy) is 1. The second-order valence-corrected chi connectivity index (χ2v) is 8.07. The largest absolute Gasteiger partial charge is 0.491 e. The fourth-order valence-electron chi connectivity index (χ4n) is 3.59. The van der Waals surface area contributed by atoms with Gasteiger partial charge in [0.05, 0.1) is 0 Å². The quantitative estimate of drug-likeness (QED) is 0.777. The fourth-order valence-corrected chi connectivity index (χ4v) is 3.70. The molecule has 0 spiro atoms. The Morgan fingerprint density at radius 1 is 1.10 bits per heavy atom. The standard InChI is InChI=1S/C22H24ClF2NO3/c1-14-8-19(9-15(2)20(14)23)29-13-22(28)4-3-6-26(7-5-22)21(27)16-10-17(24)12-18(25)11-16/h8-12,28H,3-7,13H2,1-2H3. The molecule has 0 bridgehead atoms. The number of aryl methyl sites for hydroxylation is 2. The minimum Gasteiger partial charge on any atom is -0.491 e. The molecule has 2 aromatic rings. The lowest BCUT2D eigenvalue weighted by molar-refractivity contribution is -0.0163. The molecular weight excluding hydrogens is 400 g/mol. The first kappa shape index (κ1) is 21.5. The Balaban J connectivity index is 1.64. The topological polar surface area (TPSA) is 49.8 Å². The van der Waals surface area contributed by atoms with Crippen molar-refractivity contribution in [1.82, 2.24) is 4.90 Å². The molecule has 4 nitrogen and oxygen atoms in total. The van der Waals surface area contributed by atoms with Gasteiger partial charge in [-0.25, -0.2) is 8.78 Å². The van der Waals surface area contributed by atoms with Crippen LogP contribution in [0.25, 0.3) is 0 Å². The minimum atomic E-state index is -1.09. The van der Waals surface area contributed by atoms with E-state index in [9.17, 15) is 18.7 Å². The summed E-state index contributed by atoms with van der Waals surface area (Å²) in [5, 5.41) is 11.6. The van der Waals surface area contributed by atoms with Crippen molar-refractivity contribution in [2.24, 2.45) is 0 Å². The molecule has 1 fully saturated rings. The van der Waals surface area contributed by atoms with Gasteiger partial charge in [0.1, 0.15) is 29.6 Å². The molecule has 3 rings (SSSR count). The van der Waals surface area contributed by atoms with Crippen molar-refractivity contribution in [2.45, 2.75) is 38.7 Å². The van der Waals surface area contributed by atoms with Crippen LogP contribution in [0, 0.1) is 25.5 Å². The third kappa shape index (κ3) is 5.25. The number of likely N-dealkylation sites (tertiary alicyclic amines) is 1. The van der Waals surface area contributed by atoms with Gasteiger partial charge < -0.3 is 14.7 Å². The maximum Gasteiger partial charge on any atom is 0.254 e. The summed E-state index contributed by atoms with van der Waals surface area (Å²) in [7, 11) is 0. The second kappa shape index (κ2) is 8.67. The number of rotatable bonds is 4. The normalized spacial score (nSPS) is 19.7. The van der Waals surface area contributed by atoms with E-state index >= 15 is 0 Å². The van der Waals surface area contributed by atoms with Crippen LogP contribution in [-0.4, -0.2) is 41.2 Å². The molecule has 1 aliphatic rings. The first-order valence-corrected chi connectivity index (χ1v) is 9.92. The molecule has 1 aliphatic heterocycles. The van der Waals surface area contributed by atoms with Gasteiger partial charge in [-0.2, -0.15) is 0 Å². The predicted octanol–water partition coefficient (Wildman–Crippen LogP) is 4.67. The summed E-state index contributed by atoms with van der Waals surface area (Å²) in [6, 6.07) is 6.43. The van der Waals surface area contributed by atoms with E-state index in [0.717, 1.165) is 29.3 Å². The van der Waals surface area contributed by atoms with Crippen molar-refractivity contribution in [1.29, 1.82) is 0 Å². The first-order valence-electron chi connectivity index (χ1n) is 9.54. The Kier molecular flexibility index (Phi) is 6.44. The number of benzene rings is 2. The highest BCUT2D eigenvalue weighted by Gasteiger charge is 2.33. The second-order valence-electron chi connectivity index (χ2n) is 7.69. The molecule has 0 aromatic heterocycles. The molecule has 0 radical (unpaired) electrons. The Hall–Kier alpha value is -2.18. The molecule has 2 aromatic carbocycles. The van der Waals surface area contributed by atoms with Gasteiger partial charge in [-0.1, -0.05) is 11.6 Å². The molecule has 0 saturated carbocycles. The van der Waals surface area contributed by atoms with Crippen LogP contribution in [0.4, 0.5) is 8.78 Å². The monoisotopic (exact) mass is 423 g/mol. The summed E-state index contributed by atoms with van der Waals surface area (Å²) in [5.41, 5.74) is 0.669. The van der Waals surface area contributed by atoms with Gasteiger partial charge in [0.2, 0.25) is 0 Å². The number of nitrogens with zero attached hydrogens (tertiary/aromatic N) is 1. The van der Waals surface area contributed by atoms with E-state index in [1.165, 1.54) is 4.90 Å². The third-order valence-electron chi connectivity index (χ3n) is 5.23. The van der Waals surface area contributed by atoms with Gasteiger partial charge in [-0.05, 0) is 68.5 Å². The SMILES string of the molecule is Cc1cc(OCC2(O)CCCN(C(=O)c3cc(F)cc(F)c3)CC2)cc(C)c1Cl. The lowest BCUT2D eigenvalue weighted by Gasteiger charge is -2.27. The van der Waals surface area contributed by atoms with Gasteiger partial charge in [0.15, 0.2) is 0 Å². The van der Waals surface area contributed by atoms with Gasteiger partial charge in [0, 0.05) is 29.7 Å². The van der Waals surface area contributed by atoms with Gasteiger partial charge in [-0.15, -0.1) is 0 Å². The number of halogens is 3. The maximum atomic E-state index is 13.4. The Labute approximate surface area is 174 Å². The van der Waals surface area contributed by atoms with E-state index in [0.29, 0.717) is 36.6 Å². The molecule has 1 amide bonds. The molecule has 1 atom stereocenters. The summed E-state index contributed by atoms with van der Waals surface area (Å²) < 4.78 is 32.7. The highest BCUT2D eigenvalue weighted by molar-refractivity contribution is 6.32. The van der Waals surface area contributed by atoms with Crippen LogP contribution in [0.2, 0.25) is 5.02 Å². The van der Waals surface area contributed by atoms with Crippen LogP contribution in [-0.2, 0) is 0 Å². The van der Waals surface area contributed by atoms with Crippen LogP contribution in [0.1, 0.15) is 40.7 Å². The average Bonchev–Trinajstić information content (AvgIpc) is 2.85. The van der Waals surface area contributed by atoms with Crippen LogP contribution >= 0.6 is 11.6 Å². The molecule has 1 heterocycles. The van der Waals surface area contributed by atoms with Crippen LogP contribution < -0.4 is 4.74 Å². The molecule has 1 N–H and O–H groups in total. The van der Waals surface area contributed by atoms with Crippen molar-refractivity contribution < 1.29 is 23.4 Å². The van der Waals surface area contributed by atoms with E-state index in [1.54, 1.807) is 0 Å². The van der Waals surface area contributed by atoms with Crippen LogP contribution in [0.15, 0.2) is 30.3 Å². The van der Waals surface area contributed by atoms with Gasteiger partial charge >= 0.3 is 0 Å². The molecular formula is C22H24ClF2NO3. The zero-order valence-electron chi connectivity index (χ0n) is 16.5. The highest BCUT2D eigenvalue weighted by Crippen LogP contribution is 2.29. The Morgan fingerprint density at radius 2 is 1.72 bits per heavy atom. The predicted molar refractivity (Wildman–Crippen MR) is 107 cm³/mol. The van der Waals surface area contributed by atoms with E-state index < -0.39 is 23.1 Å². The minimum absolute atomic E-state index is 0.0312. The highest BCUT2D eigenvalue weighted by atomic mass is 35.5. The Morgan fingerprint density at radius 3 is 2.34 bits per heavy atom. The van der Waals surface area contributed by atoms with E-state index in [2.05, 4.69) is 0 Å². The zero-order chi connectivity index (χ0) is 21.2. The lowest BCUT2D eigenvalue weighted by atomic mass is 9.96. The Bertz CT molecular complexity index is 878. The summed E-state index contributed by atoms with van der Waals surface area (Å²) in [4.78, 5) is 14.1. The summed E-state index contributed by atoms with van der Waals surface area (Å²) in [5.74, 6) is -1.40. The smallest absolute Gasteiger partial charge is 0.254 e. The first-order chi connectivity index (χ1) is 13.7. The van der Waals surface area contributed by atoms with Gasteiger partial charge in [-0.3, -0.25) is 4.79 Å². The third-order valence-corrected chi connectivity index (χ3v) is 5.83. The number of aliphatic hydroxyl groups is 1. The fraction of sp³-hybridized carbons (Fsp3) is 0.409. The molecule has 1 unspecified atom stereocenters. The van der Waals surface area contributed by atoms with Crippen molar-refractivity contribution in [2.75, 3.05) is 19.7 Å². The molecule has 1 saturated heterocycles. The maximum absolute atomic E-state index is 13.4. The van der Waals surface area contributed by atoms with Crippen molar-refractivity contribution in [3.63, 3.8) is 0 Å². The number of carbonyl (C=O) groups is 1. The van der Waals surface area contributed by atoms with E-state index in [-0.39, 0.29) is 18.7 Å². The summed E-state index contributed by atoms with van der Waals surface area (Å²) >= 11 is 6.17. The van der Waals surface area contributed by atoms with E-state index in [1.807, 2.05) is 26.0 Å². The average molecular weight is 424 g/mol. The number of carbonyl (C=O) groups excluding carboxylic acids is 1. The van der Waals surface area contributed by atoms with Gasteiger partial charge in [0.25, 0.3) is 5.91 Å². The van der Waals surface area contributed by atoms with Crippen molar-refractivity contribution in [3.05, 3.63) is 63.7 Å². The van der Waals surface area contributed by atoms with Crippen molar-refractivity contribution >= 4 is 17.5 Å². The van der Waals surface area contributed by atoms with Crippen LogP contribution in [0.5, 0.6) is 5.75 Å². The summed E-state index contributed by atoms with van der Waals surface area (Å²) in [6.45, 7) is 4.54. The molecule has 29 heavy (non-hydrogen) atoms. The zero-order valence-corrected chi connectivity index (χ0v) is 17.2. The molecule has 156 valence electrons. The number of amides is 1. The summed E-state index contributed by atoms with van der Waals surface area (Å²) in [6.07, 6.45) is 1.32. The molecule has 0 aliphatic carbocycles. The van der Waals surface area contributed by atoms with Crippen molar-refractivity contribution in [3.8, 4) is 5.75 Å². The number of hydrogen-bond donors (Lipinski definition) is 1. The number of hydrogen-bond acceptors (Lipinski definition) is 3. The van der Waals surface area contributed by atoms with Crippen LogP contribution in [0.3, 0.4) is 0 Å².